The largest absolute Gasteiger partial charge is 0.351 e. The van der Waals surface area contributed by atoms with Crippen LogP contribution in [0.2, 0.25) is 0 Å². The van der Waals surface area contributed by atoms with Gasteiger partial charge in [0, 0.05) is 58.0 Å². The van der Waals surface area contributed by atoms with Crippen LogP contribution < -0.4 is 10.2 Å². The van der Waals surface area contributed by atoms with Gasteiger partial charge < -0.3 is 10.2 Å². The number of benzene rings is 3. The molecule has 0 aromatic heterocycles. The highest BCUT2D eigenvalue weighted by atomic mass is 15.4. The summed E-state index contributed by atoms with van der Waals surface area (Å²) in [6, 6.07) is 31.6. The number of hydrogen-bond donors (Lipinski definition) is 1. The van der Waals surface area contributed by atoms with Gasteiger partial charge in [-0.05, 0) is 60.4 Å². The molecule has 4 heteroatoms. The van der Waals surface area contributed by atoms with E-state index in [9.17, 15) is 0 Å². The van der Waals surface area contributed by atoms with Gasteiger partial charge in [-0.25, -0.2) is 4.99 Å². The lowest BCUT2D eigenvalue weighted by molar-refractivity contribution is 0.110. The Morgan fingerprint density at radius 1 is 0.796 bits per heavy atom. The highest BCUT2D eigenvalue weighted by molar-refractivity contribution is 6.16. The topological polar surface area (TPSA) is 30.9 Å². The van der Waals surface area contributed by atoms with E-state index in [0.717, 1.165) is 18.1 Å². The standard InChI is InChI=1S/C45H44N4/c1-29-20-23-35-38-28-32(31-21-24-41-37(27-31)34-16-9-11-19-40(34)48(41)33-14-6-3-7-15-33)22-25-42(38)49(43(35)26-29)45-46-39-18-10-8-17-36(39)44(47-45)30-12-4-2-5-13-30/h2-19,22,24-25,27-29,31,34-35,38,40,42-43,45-46H,20-21,23,26H2,1H3/t29?,31?,34?,35?,38-,40?,42?,43?,45?/m0/s1. The Morgan fingerprint density at radius 3 is 2.47 bits per heavy atom. The van der Waals surface area contributed by atoms with Crippen molar-refractivity contribution < 1.29 is 0 Å². The van der Waals surface area contributed by atoms with E-state index in [0.29, 0.717) is 41.8 Å². The van der Waals surface area contributed by atoms with Crippen molar-refractivity contribution in [2.75, 3.05) is 10.2 Å². The fraction of sp³-hybridized carbons (Fsp3) is 0.311. The number of para-hydroxylation sites is 2. The second-order valence-electron chi connectivity index (χ2n) is 15.1. The average molecular weight is 641 g/mol. The minimum Gasteiger partial charge on any atom is -0.351 e. The smallest absolute Gasteiger partial charge is 0.177 e. The predicted molar refractivity (Wildman–Crippen MR) is 201 cm³/mol. The molecule has 7 aliphatic rings. The van der Waals surface area contributed by atoms with E-state index in [4.69, 9.17) is 4.99 Å². The van der Waals surface area contributed by atoms with E-state index in [1.807, 2.05) is 0 Å². The van der Waals surface area contributed by atoms with E-state index in [1.165, 1.54) is 58.6 Å². The van der Waals surface area contributed by atoms with Crippen LogP contribution >= 0.6 is 0 Å². The van der Waals surface area contributed by atoms with Crippen LogP contribution in [0.25, 0.3) is 0 Å². The van der Waals surface area contributed by atoms with Gasteiger partial charge in [-0.15, -0.1) is 0 Å². The molecule has 1 saturated carbocycles. The van der Waals surface area contributed by atoms with E-state index >= 15 is 0 Å². The Labute approximate surface area is 290 Å². The maximum Gasteiger partial charge on any atom is 0.177 e. The van der Waals surface area contributed by atoms with Gasteiger partial charge in [0.15, 0.2) is 6.29 Å². The fourth-order valence-electron chi connectivity index (χ4n) is 10.2. The van der Waals surface area contributed by atoms with Gasteiger partial charge in [0.05, 0.1) is 11.8 Å². The number of hydrogen-bond acceptors (Lipinski definition) is 4. The van der Waals surface area contributed by atoms with Gasteiger partial charge in [-0.2, -0.15) is 0 Å². The third-order valence-corrected chi connectivity index (χ3v) is 12.4. The Hall–Kier alpha value is -4.67. The van der Waals surface area contributed by atoms with Crippen LogP contribution in [-0.4, -0.2) is 35.0 Å². The van der Waals surface area contributed by atoms with E-state index in [1.54, 1.807) is 0 Å². The van der Waals surface area contributed by atoms with E-state index < -0.39 is 0 Å². The number of nitrogens with one attached hydrogen (secondary N) is 1. The Kier molecular flexibility index (Phi) is 7.01. The Bertz CT molecular complexity index is 1980. The molecule has 244 valence electrons. The first-order chi connectivity index (χ1) is 24.2. The van der Waals surface area contributed by atoms with Gasteiger partial charge in [0.25, 0.3) is 0 Å². The first-order valence-electron chi connectivity index (χ1n) is 18.5. The van der Waals surface area contributed by atoms with Crippen molar-refractivity contribution in [3.8, 4) is 0 Å². The van der Waals surface area contributed by atoms with Gasteiger partial charge in [-0.3, -0.25) is 4.90 Å². The van der Waals surface area contributed by atoms with E-state index in [2.05, 4.69) is 162 Å². The molecule has 4 nitrogen and oxygen atoms in total. The molecule has 0 radical (unpaired) electrons. The molecular weight excluding hydrogens is 597 g/mol. The maximum absolute atomic E-state index is 5.54. The van der Waals surface area contributed by atoms with Crippen molar-refractivity contribution in [2.24, 2.45) is 34.6 Å². The second kappa shape index (κ2) is 11.7. The molecule has 0 bridgehead atoms. The molecule has 3 aromatic carbocycles. The SMILES string of the molecule is CC1CCC2C(C1)N(C1N=C(c3ccccc3)c3ccccc3N1)C1C=CC(C3C=C4C(=CC3)N(c3ccccc3)C3C=CC=CC43)=C[C@@H]21. The summed E-state index contributed by atoms with van der Waals surface area (Å²) in [5.41, 5.74) is 10.3. The number of nitrogens with zero attached hydrogens (tertiary/aromatic N) is 3. The van der Waals surface area contributed by atoms with Crippen molar-refractivity contribution in [3.05, 3.63) is 168 Å². The number of fused-ring (bicyclic) bond motifs is 7. The monoisotopic (exact) mass is 640 g/mol. The molecule has 9 atom stereocenters. The molecule has 10 rings (SSSR count). The lowest BCUT2D eigenvalue weighted by Gasteiger charge is -2.41. The first-order valence-corrected chi connectivity index (χ1v) is 18.5. The Balaban J connectivity index is 0.988. The molecule has 8 unspecified atom stereocenters. The van der Waals surface area contributed by atoms with E-state index in [-0.39, 0.29) is 6.29 Å². The highest BCUT2D eigenvalue weighted by Gasteiger charge is 2.52. The molecule has 49 heavy (non-hydrogen) atoms. The summed E-state index contributed by atoms with van der Waals surface area (Å²) >= 11 is 0. The molecule has 2 saturated heterocycles. The molecule has 1 N–H and O–H groups in total. The number of allylic oxidation sites excluding steroid dienone is 7. The Morgan fingerprint density at radius 2 is 1.59 bits per heavy atom. The second-order valence-corrected chi connectivity index (χ2v) is 15.1. The number of rotatable bonds is 4. The first kappa shape index (κ1) is 29.3. The molecule has 0 spiro atoms. The van der Waals surface area contributed by atoms with Gasteiger partial charge >= 0.3 is 0 Å². The van der Waals surface area contributed by atoms with Crippen LogP contribution in [0.4, 0.5) is 11.4 Å². The zero-order valence-corrected chi connectivity index (χ0v) is 28.1. The fourth-order valence-corrected chi connectivity index (χ4v) is 10.2. The summed E-state index contributed by atoms with van der Waals surface area (Å²) in [4.78, 5) is 10.9. The zero-order valence-electron chi connectivity index (χ0n) is 28.1. The molecule has 3 heterocycles. The van der Waals surface area contributed by atoms with Crippen LogP contribution in [-0.2, 0) is 0 Å². The third kappa shape index (κ3) is 4.79. The predicted octanol–water partition coefficient (Wildman–Crippen LogP) is 9.30. The quantitative estimate of drug-likeness (QED) is 0.308. The molecule has 3 aliphatic heterocycles. The molecule has 3 aromatic rings. The number of anilines is 2. The van der Waals surface area contributed by atoms with Crippen LogP contribution in [0, 0.1) is 29.6 Å². The van der Waals surface area contributed by atoms with Gasteiger partial charge in [0.2, 0.25) is 0 Å². The minimum atomic E-state index is -0.0923. The summed E-state index contributed by atoms with van der Waals surface area (Å²) in [5, 5.41) is 3.91. The van der Waals surface area contributed by atoms with Gasteiger partial charge in [-0.1, -0.05) is 135 Å². The van der Waals surface area contributed by atoms with Crippen LogP contribution in [0.3, 0.4) is 0 Å². The normalized spacial score (nSPS) is 34.0. The average Bonchev–Trinajstić information content (AvgIpc) is 3.66. The summed E-state index contributed by atoms with van der Waals surface area (Å²) in [7, 11) is 0. The minimum absolute atomic E-state index is 0.0923. The van der Waals surface area contributed by atoms with Crippen molar-refractivity contribution >= 4 is 17.1 Å². The van der Waals surface area contributed by atoms with Crippen molar-refractivity contribution in [2.45, 2.75) is 57.0 Å². The summed E-state index contributed by atoms with van der Waals surface area (Å²) in [6.45, 7) is 2.45. The van der Waals surface area contributed by atoms with Gasteiger partial charge in [0.1, 0.15) is 0 Å². The summed E-state index contributed by atoms with van der Waals surface area (Å²) in [5.74, 6) is 2.68. The lowest BCUT2D eigenvalue weighted by Crippen LogP contribution is -2.50. The van der Waals surface area contributed by atoms with Crippen molar-refractivity contribution in [1.82, 2.24) is 4.90 Å². The third-order valence-electron chi connectivity index (χ3n) is 12.4. The molecule has 0 amide bonds. The van der Waals surface area contributed by atoms with Crippen LogP contribution in [0.1, 0.15) is 43.7 Å². The molecule has 3 fully saturated rings. The molecule has 4 aliphatic carbocycles. The molecular formula is C45H44N4. The highest BCUT2D eigenvalue weighted by Crippen LogP contribution is 2.52. The van der Waals surface area contributed by atoms with Crippen LogP contribution in [0.15, 0.2) is 161 Å². The zero-order chi connectivity index (χ0) is 32.5. The maximum atomic E-state index is 5.54. The lowest BCUT2D eigenvalue weighted by atomic mass is 9.72. The van der Waals surface area contributed by atoms with Crippen molar-refractivity contribution in [3.63, 3.8) is 0 Å². The number of likely N-dealkylation sites (tertiary alicyclic amines) is 1. The summed E-state index contributed by atoms with van der Waals surface area (Å²) in [6.07, 6.45) is 27.0. The summed E-state index contributed by atoms with van der Waals surface area (Å²) < 4.78 is 0. The van der Waals surface area contributed by atoms with Crippen molar-refractivity contribution in [1.29, 1.82) is 0 Å². The van der Waals surface area contributed by atoms with Crippen LogP contribution in [0.5, 0.6) is 0 Å². The number of aliphatic imine (C=N–C) groups is 1.